The van der Waals surface area contributed by atoms with Gasteiger partial charge in [0.1, 0.15) is 11.8 Å². The van der Waals surface area contributed by atoms with Gasteiger partial charge in [0.05, 0.1) is 12.3 Å². The second-order valence-electron chi connectivity index (χ2n) is 4.03. The van der Waals surface area contributed by atoms with Crippen LogP contribution in [0.1, 0.15) is 25.1 Å². The number of amides is 2. The van der Waals surface area contributed by atoms with E-state index in [1.54, 1.807) is 19.1 Å². The van der Waals surface area contributed by atoms with Crippen LogP contribution in [0, 0.1) is 0 Å². The Morgan fingerprint density at radius 1 is 1.47 bits per heavy atom. The molecule has 106 valence electrons. The average Bonchev–Trinajstić information content (AvgIpc) is 2.87. The predicted molar refractivity (Wildman–Crippen MR) is 73.2 cm³/mol. The summed E-state index contributed by atoms with van der Waals surface area (Å²) in [6.07, 6.45) is 3.79. The second-order valence-corrected chi connectivity index (χ2v) is 5.01. The molecule has 0 spiro atoms. The van der Waals surface area contributed by atoms with E-state index >= 15 is 0 Å². The Balaban J connectivity index is 2.46. The van der Waals surface area contributed by atoms with E-state index in [0.717, 1.165) is 0 Å². The minimum absolute atomic E-state index is 0.315. The Hall–Kier alpha value is -1.63. The lowest BCUT2D eigenvalue weighted by Crippen LogP contribution is -2.46. The van der Waals surface area contributed by atoms with Gasteiger partial charge in [0.2, 0.25) is 0 Å². The molecule has 1 aromatic rings. The average molecular weight is 286 g/mol. The zero-order valence-electron chi connectivity index (χ0n) is 10.9. The number of rotatable bonds is 7. The smallest absolute Gasteiger partial charge is 0.326 e. The van der Waals surface area contributed by atoms with Crippen LogP contribution < -0.4 is 10.6 Å². The van der Waals surface area contributed by atoms with Crippen molar-refractivity contribution in [2.45, 2.75) is 25.4 Å². The van der Waals surface area contributed by atoms with Gasteiger partial charge < -0.3 is 20.2 Å². The molecule has 1 unspecified atom stereocenters. The molecule has 2 atom stereocenters. The number of furan rings is 1. The molecule has 19 heavy (non-hydrogen) atoms. The summed E-state index contributed by atoms with van der Waals surface area (Å²) in [5, 5.41) is 14.1. The highest BCUT2D eigenvalue weighted by Crippen LogP contribution is 2.11. The third-order valence-electron chi connectivity index (χ3n) is 2.53. The highest BCUT2D eigenvalue weighted by atomic mass is 32.2. The number of urea groups is 1. The normalized spacial score (nSPS) is 13.6. The fourth-order valence-electron chi connectivity index (χ4n) is 1.50. The summed E-state index contributed by atoms with van der Waals surface area (Å²) in [4.78, 5) is 22.7. The zero-order valence-corrected chi connectivity index (χ0v) is 11.7. The van der Waals surface area contributed by atoms with Gasteiger partial charge in [0.15, 0.2) is 0 Å². The molecular formula is C12H18N2O4S. The molecule has 0 fully saturated rings. The molecule has 0 saturated heterocycles. The lowest BCUT2D eigenvalue weighted by Gasteiger charge is -2.17. The lowest BCUT2D eigenvalue weighted by molar-refractivity contribution is -0.139. The van der Waals surface area contributed by atoms with Crippen molar-refractivity contribution >= 4 is 23.8 Å². The minimum Gasteiger partial charge on any atom is -0.480 e. The molecule has 0 aliphatic rings. The zero-order chi connectivity index (χ0) is 14.3. The van der Waals surface area contributed by atoms with E-state index in [1.807, 2.05) is 6.26 Å². The van der Waals surface area contributed by atoms with Crippen molar-refractivity contribution in [1.29, 1.82) is 0 Å². The molecule has 2 amide bonds. The molecule has 3 N–H and O–H groups in total. The first kappa shape index (κ1) is 15.4. The Bertz CT molecular complexity index is 408. The first-order chi connectivity index (χ1) is 9.04. The number of carbonyl (C=O) groups excluding carboxylic acids is 1. The van der Waals surface area contributed by atoms with Gasteiger partial charge in [0, 0.05) is 0 Å². The van der Waals surface area contributed by atoms with Crippen molar-refractivity contribution in [1.82, 2.24) is 10.6 Å². The highest BCUT2D eigenvalue weighted by molar-refractivity contribution is 7.98. The molecule has 1 heterocycles. The van der Waals surface area contributed by atoms with Crippen molar-refractivity contribution < 1.29 is 19.1 Å². The fourth-order valence-corrected chi connectivity index (χ4v) is 1.97. The summed E-state index contributed by atoms with van der Waals surface area (Å²) < 4.78 is 5.15. The van der Waals surface area contributed by atoms with Gasteiger partial charge in [-0.3, -0.25) is 0 Å². The van der Waals surface area contributed by atoms with Crippen LogP contribution in [-0.2, 0) is 4.79 Å². The van der Waals surface area contributed by atoms with Crippen molar-refractivity contribution in [2.24, 2.45) is 0 Å². The van der Waals surface area contributed by atoms with Crippen LogP contribution in [0.2, 0.25) is 0 Å². The summed E-state index contributed by atoms with van der Waals surface area (Å²) in [6.45, 7) is 1.76. The van der Waals surface area contributed by atoms with Crippen LogP contribution in [-0.4, -0.2) is 35.2 Å². The summed E-state index contributed by atoms with van der Waals surface area (Å²) in [7, 11) is 0. The topological polar surface area (TPSA) is 91.6 Å². The Morgan fingerprint density at radius 2 is 2.21 bits per heavy atom. The van der Waals surface area contributed by atoms with E-state index in [0.29, 0.717) is 17.9 Å². The quantitative estimate of drug-likeness (QED) is 0.711. The Labute approximate surface area is 115 Å². The molecule has 0 saturated carbocycles. The summed E-state index contributed by atoms with van der Waals surface area (Å²) in [5.74, 6) is 0.256. The van der Waals surface area contributed by atoms with Crippen LogP contribution in [0.4, 0.5) is 4.79 Å². The molecule has 0 aliphatic heterocycles. The molecule has 0 radical (unpaired) electrons. The van der Waals surface area contributed by atoms with Crippen molar-refractivity contribution in [3.8, 4) is 0 Å². The largest absolute Gasteiger partial charge is 0.480 e. The van der Waals surface area contributed by atoms with Gasteiger partial charge in [-0.2, -0.15) is 11.8 Å². The Morgan fingerprint density at radius 3 is 2.74 bits per heavy atom. The number of hydrogen-bond donors (Lipinski definition) is 3. The predicted octanol–water partition coefficient (Wildman–Crippen LogP) is 1.85. The van der Waals surface area contributed by atoms with E-state index in [1.165, 1.54) is 18.0 Å². The number of carboxylic acids is 1. The molecule has 1 aromatic heterocycles. The standard InChI is InChI=1S/C12H18N2O4S/c1-8(10-4-3-6-18-10)13-12(17)14-9(11(15)16)5-7-19-2/h3-4,6,8-9H,5,7H2,1-2H3,(H,15,16)(H2,13,14,17)/t8?,9-/m1/s1. The molecule has 7 heteroatoms. The van der Waals surface area contributed by atoms with Crippen LogP contribution in [0.3, 0.4) is 0 Å². The van der Waals surface area contributed by atoms with Crippen LogP contribution >= 0.6 is 11.8 Å². The van der Waals surface area contributed by atoms with E-state index in [-0.39, 0.29) is 6.04 Å². The van der Waals surface area contributed by atoms with Crippen LogP contribution in [0.15, 0.2) is 22.8 Å². The molecule has 0 bridgehead atoms. The number of nitrogens with one attached hydrogen (secondary N) is 2. The monoisotopic (exact) mass is 286 g/mol. The molecule has 1 rings (SSSR count). The first-order valence-corrected chi connectivity index (χ1v) is 7.26. The van der Waals surface area contributed by atoms with Gasteiger partial charge in [-0.25, -0.2) is 9.59 Å². The van der Waals surface area contributed by atoms with E-state index in [2.05, 4.69) is 10.6 Å². The summed E-state index contributed by atoms with van der Waals surface area (Å²) >= 11 is 1.54. The van der Waals surface area contributed by atoms with Gasteiger partial charge in [0.25, 0.3) is 0 Å². The maximum Gasteiger partial charge on any atom is 0.326 e. The van der Waals surface area contributed by atoms with Crippen LogP contribution in [0.25, 0.3) is 0 Å². The third-order valence-corrected chi connectivity index (χ3v) is 3.18. The van der Waals surface area contributed by atoms with Crippen LogP contribution in [0.5, 0.6) is 0 Å². The molecular weight excluding hydrogens is 268 g/mol. The van der Waals surface area contributed by atoms with Gasteiger partial charge >= 0.3 is 12.0 Å². The molecule has 0 aliphatic carbocycles. The third kappa shape index (κ3) is 5.25. The number of thioether (sulfide) groups is 1. The van der Waals surface area contributed by atoms with Crippen molar-refractivity contribution in [2.75, 3.05) is 12.0 Å². The number of aliphatic carboxylic acids is 1. The summed E-state index contributed by atoms with van der Waals surface area (Å²) in [5.41, 5.74) is 0. The highest BCUT2D eigenvalue weighted by Gasteiger charge is 2.20. The number of hydrogen-bond acceptors (Lipinski definition) is 4. The minimum atomic E-state index is -1.03. The van der Waals surface area contributed by atoms with Gasteiger partial charge in [-0.15, -0.1) is 0 Å². The number of carboxylic acid groups (broad SMARTS) is 1. The maximum atomic E-state index is 11.7. The number of carbonyl (C=O) groups is 2. The molecule has 6 nitrogen and oxygen atoms in total. The maximum absolute atomic E-state index is 11.7. The van der Waals surface area contributed by atoms with Crippen molar-refractivity contribution in [3.05, 3.63) is 24.2 Å². The molecule has 0 aromatic carbocycles. The van der Waals surface area contributed by atoms with Gasteiger partial charge in [-0.05, 0) is 37.5 Å². The second kappa shape index (κ2) is 7.73. The first-order valence-electron chi connectivity index (χ1n) is 5.86. The lowest BCUT2D eigenvalue weighted by atomic mass is 10.2. The van der Waals surface area contributed by atoms with E-state index in [4.69, 9.17) is 9.52 Å². The Kier molecular flexibility index (Phi) is 6.27. The van der Waals surface area contributed by atoms with Gasteiger partial charge in [-0.1, -0.05) is 0 Å². The van der Waals surface area contributed by atoms with Crippen molar-refractivity contribution in [3.63, 3.8) is 0 Å². The summed E-state index contributed by atoms with van der Waals surface area (Å²) in [6, 6.07) is 1.76. The fraction of sp³-hybridized carbons (Fsp3) is 0.500. The van der Waals surface area contributed by atoms with E-state index in [9.17, 15) is 9.59 Å². The SMILES string of the molecule is CSCC[C@@H](NC(=O)NC(C)c1ccco1)C(=O)O. The van der Waals surface area contributed by atoms with E-state index < -0.39 is 18.0 Å².